The molecule has 0 spiro atoms. The first-order valence-corrected chi connectivity index (χ1v) is 9.00. The number of pyridine rings is 1. The maximum absolute atomic E-state index is 11.3. The first-order chi connectivity index (χ1) is 13.2. The Morgan fingerprint density at radius 1 is 0.815 bits per heavy atom. The number of aromatic nitrogens is 1. The van der Waals surface area contributed by atoms with Crippen molar-refractivity contribution in [3.8, 4) is 11.1 Å². The van der Waals surface area contributed by atoms with E-state index in [1.54, 1.807) is 0 Å². The van der Waals surface area contributed by atoms with Gasteiger partial charge in [-0.1, -0.05) is 72.3 Å². The Morgan fingerprint density at radius 3 is 2.56 bits per heavy atom. The lowest BCUT2D eigenvalue weighted by molar-refractivity contribution is 0.112. The van der Waals surface area contributed by atoms with Crippen molar-refractivity contribution in [2.24, 2.45) is 0 Å². The number of hydrogen-bond acceptors (Lipinski definition) is 2. The first-order valence-electron chi connectivity index (χ1n) is 8.62. The second kappa shape index (κ2) is 7.56. The molecule has 4 aromatic rings. The maximum atomic E-state index is 11.3. The summed E-state index contributed by atoms with van der Waals surface area (Å²) in [6.07, 6.45) is 4.89. The molecule has 0 aliphatic heterocycles. The van der Waals surface area contributed by atoms with Gasteiger partial charge in [-0.25, -0.2) is 4.98 Å². The third kappa shape index (κ3) is 3.81. The highest BCUT2D eigenvalue weighted by atomic mass is 35.5. The number of carbonyl (C=O) groups excluding carboxylic acids is 1. The smallest absolute Gasteiger partial charge is 0.150 e. The molecule has 0 bridgehead atoms. The van der Waals surface area contributed by atoms with Gasteiger partial charge in [0, 0.05) is 16.0 Å². The molecule has 3 aromatic carbocycles. The molecule has 0 amide bonds. The molecule has 0 N–H and O–H groups in total. The van der Waals surface area contributed by atoms with Gasteiger partial charge in [0.05, 0.1) is 11.2 Å². The van der Waals surface area contributed by atoms with E-state index >= 15 is 0 Å². The van der Waals surface area contributed by atoms with Crippen LogP contribution in [0.4, 0.5) is 0 Å². The van der Waals surface area contributed by atoms with Gasteiger partial charge in [-0.3, -0.25) is 4.79 Å². The van der Waals surface area contributed by atoms with E-state index in [1.807, 2.05) is 84.9 Å². The summed E-state index contributed by atoms with van der Waals surface area (Å²) in [5.41, 5.74) is 5.41. The minimum atomic E-state index is 0.678. The van der Waals surface area contributed by atoms with Gasteiger partial charge in [-0.2, -0.15) is 0 Å². The summed E-state index contributed by atoms with van der Waals surface area (Å²) in [6.45, 7) is 0. The number of rotatable bonds is 4. The molecule has 2 nitrogen and oxygen atoms in total. The largest absolute Gasteiger partial charge is 0.298 e. The van der Waals surface area contributed by atoms with E-state index in [0.717, 1.165) is 39.6 Å². The van der Waals surface area contributed by atoms with Crippen LogP contribution in [-0.4, -0.2) is 11.3 Å². The van der Waals surface area contributed by atoms with Crippen molar-refractivity contribution in [3.63, 3.8) is 0 Å². The van der Waals surface area contributed by atoms with Gasteiger partial charge in [-0.05, 0) is 47.0 Å². The average molecular weight is 370 g/mol. The van der Waals surface area contributed by atoms with Crippen LogP contribution in [-0.2, 0) is 0 Å². The lowest BCUT2D eigenvalue weighted by Crippen LogP contribution is -1.87. The summed E-state index contributed by atoms with van der Waals surface area (Å²) in [4.78, 5) is 15.9. The topological polar surface area (TPSA) is 30.0 Å². The molecule has 0 unspecified atom stereocenters. The molecule has 0 aliphatic carbocycles. The molecule has 0 saturated heterocycles. The molecule has 0 radical (unpaired) electrons. The van der Waals surface area contributed by atoms with E-state index in [4.69, 9.17) is 11.6 Å². The first kappa shape index (κ1) is 17.2. The van der Waals surface area contributed by atoms with E-state index in [0.29, 0.717) is 10.6 Å². The predicted molar refractivity (Wildman–Crippen MR) is 113 cm³/mol. The van der Waals surface area contributed by atoms with Crippen molar-refractivity contribution in [3.05, 3.63) is 101 Å². The third-order valence-corrected chi connectivity index (χ3v) is 4.64. The second-order valence-corrected chi connectivity index (χ2v) is 6.67. The molecule has 1 aromatic heterocycles. The molecule has 3 heteroatoms. The van der Waals surface area contributed by atoms with Crippen LogP contribution in [0.15, 0.2) is 78.9 Å². The standard InChI is InChI=1S/C24H16ClNO/c25-21-11-9-18-10-13-22(26-24(18)15-21)12-8-17-4-3-6-19(14-17)23-7-2-1-5-20(23)16-27/h1-16H. The van der Waals surface area contributed by atoms with E-state index in [2.05, 4.69) is 11.1 Å². The molecule has 1 heterocycles. The van der Waals surface area contributed by atoms with Crippen molar-refractivity contribution in [1.82, 2.24) is 4.98 Å². The summed E-state index contributed by atoms with van der Waals surface area (Å²) < 4.78 is 0. The predicted octanol–water partition coefficient (Wildman–Crippen LogP) is 6.54. The highest BCUT2D eigenvalue weighted by Crippen LogP contribution is 2.24. The molecule has 0 aliphatic rings. The summed E-state index contributed by atoms with van der Waals surface area (Å²) in [5, 5.41) is 1.74. The molecule has 0 fully saturated rings. The van der Waals surface area contributed by atoms with Gasteiger partial charge in [0.2, 0.25) is 0 Å². The Hall–Kier alpha value is -3.23. The molecule has 0 atom stereocenters. The molecular formula is C24H16ClNO. The van der Waals surface area contributed by atoms with Crippen LogP contribution < -0.4 is 0 Å². The fraction of sp³-hybridized carbons (Fsp3) is 0. The number of benzene rings is 3. The van der Waals surface area contributed by atoms with E-state index in [-0.39, 0.29) is 0 Å². The number of nitrogens with zero attached hydrogens (tertiary/aromatic N) is 1. The van der Waals surface area contributed by atoms with E-state index in [1.165, 1.54) is 0 Å². The zero-order valence-electron chi connectivity index (χ0n) is 14.5. The van der Waals surface area contributed by atoms with E-state index in [9.17, 15) is 4.79 Å². The number of carbonyl (C=O) groups is 1. The average Bonchev–Trinajstić information content (AvgIpc) is 2.72. The summed E-state index contributed by atoms with van der Waals surface area (Å²) in [6, 6.07) is 25.4. The van der Waals surface area contributed by atoms with Crippen LogP contribution >= 0.6 is 11.6 Å². The quantitative estimate of drug-likeness (QED) is 0.382. The Kier molecular flexibility index (Phi) is 4.82. The molecular weight excluding hydrogens is 354 g/mol. The lowest BCUT2D eigenvalue weighted by atomic mass is 9.98. The van der Waals surface area contributed by atoms with Crippen molar-refractivity contribution >= 4 is 40.9 Å². The van der Waals surface area contributed by atoms with Gasteiger partial charge in [0.1, 0.15) is 0 Å². The summed E-state index contributed by atoms with van der Waals surface area (Å²) >= 11 is 6.06. The number of halogens is 1. The fourth-order valence-electron chi connectivity index (χ4n) is 3.05. The lowest BCUT2D eigenvalue weighted by Gasteiger charge is -2.06. The van der Waals surface area contributed by atoms with E-state index < -0.39 is 0 Å². The van der Waals surface area contributed by atoms with Crippen molar-refractivity contribution in [2.75, 3.05) is 0 Å². The van der Waals surface area contributed by atoms with Crippen molar-refractivity contribution in [2.45, 2.75) is 0 Å². The minimum Gasteiger partial charge on any atom is -0.298 e. The van der Waals surface area contributed by atoms with Gasteiger partial charge in [-0.15, -0.1) is 0 Å². The minimum absolute atomic E-state index is 0.678. The molecule has 27 heavy (non-hydrogen) atoms. The molecule has 0 saturated carbocycles. The van der Waals surface area contributed by atoms with Crippen molar-refractivity contribution in [1.29, 1.82) is 0 Å². The maximum Gasteiger partial charge on any atom is 0.150 e. The van der Waals surface area contributed by atoms with Crippen LogP contribution in [0.2, 0.25) is 5.02 Å². The van der Waals surface area contributed by atoms with Gasteiger partial charge >= 0.3 is 0 Å². The van der Waals surface area contributed by atoms with Gasteiger partial charge in [0.25, 0.3) is 0 Å². The second-order valence-electron chi connectivity index (χ2n) is 6.24. The highest BCUT2D eigenvalue weighted by molar-refractivity contribution is 6.31. The Bertz CT molecular complexity index is 1160. The number of hydrogen-bond donors (Lipinski definition) is 0. The van der Waals surface area contributed by atoms with Gasteiger partial charge < -0.3 is 0 Å². The monoisotopic (exact) mass is 369 g/mol. The zero-order valence-corrected chi connectivity index (χ0v) is 15.2. The normalized spacial score (nSPS) is 11.1. The summed E-state index contributed by atoms with van der Waals surface area (Å²) in [5.74, 6) is 0. The fourth-order valence-corrected chi connectivity index (χ4v) is 3.22. The third-order valence-electron chi connectivity index (χ3n) is 4.41. The highest BCUT2D eigenvalue weighted by Gasteiger charge is 2.04. The number of fused-ring (bicyclic) bond motifs is 1. The van der Waals surface area contributed by atoms with Crippen LogP contribution in [0.5, 0.6) is 0 Å². The SMILES string of the molecule is O=Cc1ccccc1-c1cccc(C=Cc2ccc3ccc(Cl)cc3n2)c1. The van der Waals surface area contributed by atoms with Crippen LogP contribution in [0.3, 0.4) is 0 Å². The number of aldehydes is 1. The Morgan fingerprint density at radius 2 is 1.67 bits per heavy atom. The molecule has 130 valence electrons. The van der Waals surface area contributed by atoms with Gasteiger partial charge in [0.15, 0.2) is 6.29 Å². The van der Waals surface area contributed by atoms with Crippen molar-refractivity contribution < 1.29 is 4.79 Å². The van der Waals surface area contributed by atoms with Crippen LogP contribution in [0.1, 0.15) is 21.6 Å². The zero-order chi connectivity index (χ0) is 18.6. The van der Waals surface area contributed by atoms with Crippen LogP contribution in [0.25, 0.3) is 34.2 Å². The van der Waals surface area contributed by atoms with Crippen LogP contribution in [0, 0.1) is 0 Å². The molecule has 4 rings (SSSR count). The summed E-state index contributed by atoms with van der Waals surface area (Å²) in [7, 11) is 0. The Labute approximate surface area is 162 Å². The Balaban J connectivity index is 1.66.